The summed E-state index contributed by atoms with van der Waals surface area (Å²) in [6.07, 6.45) is 0. The Morgan fingerprint density at radius 3 is 2.36 bits per heavy atom. The van der Waals surface area contributed by atoms with Gasteiger partial charge in [0.2, 0.25) is 5.75 Å². The smallest absolute Gasteiger partial charge is 0.272 e. The minimum Gasteiger partial charge on any atom is -0.493 e. The van der Waals surface area contributed by atoms with E-state index in [1.165, 1.54) is 39.1 Å². The molecule has 0 radical (unpaired) electrons. The van der Waals surface area contributed by atoms with Gasteiger partial charge in [-0.15, -0.1) is 0 Å². The lowest BCUT2D eigenvalue weighted by molar-refractivity contribution is 0.278. The second-order valence-corrected chi connectivity index (χ2v) is 4.52. The van der Waals surface area contributed by atoms with Gasteiger partial charge in [-0.05, 0) is 18.2 Å². The van der Waals surface area contributed by atoms with Gasteiger partial charge in [0.15, 0.2) is 11.5 Å². The van der Waals surface area contributed by atoms with Crippen LogP contribution < -0.4 is 19.8 Å². The third kappa shape index (κ3) is 2.62. The molecular formula is C15H18N2O5. The van der Waals surface area contributed by atoms with Crippen LogP contribution in [0.3, 0.4) is 0 Å². The highest BCUT2D eigenvalue weighted by atomic mass is 16.5. The van der Waals surface area contributed by atoms with Gasteiger partial charge in [0.05, 0.1) is 33.6 Å². The summed E-state index contributed by atoms with van der Waals surface area (Å²) in [7, 11) is 6.08. The van der Waals surface area contributed by atoms with E-state index in [4.69, 9.17) is 14.2 Å². The Morgan fingerprint density at radius 1 is 1.14 bits per heavy atom. The fourth-order valence-corrected chi connectivity index (χ4v) is 2.22. The number of aromatic nitrogens is 2. The zero-order valence-corrected chi connectivity index (χ0v) is 12.9. The molecule has 22 heavy (non-hydrogen) atoms. The van der Waals surface area contributed by atoms with Crippen molar-refractivity contribution in [3.8, 4) is 28.5 Å². The fraction of sp³-hybridized carbons (Fsp3) is 0.333. The van der Waals surface area contributed by atoms with Gasteiger partial charge in [-0.2, -0.15) is 5.10 Å². The second kappa shape index (κ2) is 6.48. The van der Waals surface area contributed by atoms with Crippen molar-refractivity contribution in [3.05, 3.63) is 34.1 Å². The van der Waals surface area contributed by atoms with Gasteiger partial charge < -0.3 is 19.3 Å². The molecule has 1 aromatic carbocycles. The summed E-state index contributed by atoms with van der Waals surface area (Å²) < 4.78 is 17.2. The van der Waals surface area contributed by atoms with Crippen LogP contribution in [0, 0.1) is 0 Å². The van der Waals surface area contributed by atoms with Gasteiger partial charge in [-0.3, -0.25) is 4.79 Å². The summed E-state index contributed by atoms with van der Waals surface area (Å²) in [6, 6.07) is 5.02. The average Bonchev–Trinajstić information content (AvgIpc) is 2.55. The molecule has 0 atom stereocenters. The van der Waals surface area contributed by atoms with Crippen LogP contribution in [0.25, 0.3) is 11.3 Å². The van der Waals surface area contributed by atoms with E-state index in [0.717, 1.165) is 0 Å². The van der Waals surface area contributed by atoms with E-state index in [0.29, 0.717) is 28.5 Å². The monoisotopic (exact) mass is 306 g/mol. The van der Waals surface area contributed by atoms with Gasteiger partial charge in [0.25, 0.3) is 5.56 Å². The zero-order chi connectivity index (χ0) is 16.3. The Balaban J connectivity index is 2.72. The highest BCUT2D eigenvalue weighted by Crippen LogP contribution is 2.43. The fourth-order valence-electron chi connectivity index (χ4n) is 2.22. The quantitative estimate of drug-likeness (QED) is 0.886. The first-order valence-electron chi connectivity index (χ1n) is 6.54. The van der Waals surface area contributed by atoms with E-state index in [1.54, 1.807) is 12.1 Å². The van der Waals surface area contributed by atoms with Crippen molar-refractivity contribution in [3.63, 3.8) is 0 Å². The number of aryl methyl sites for hydroxylation is 1. The number of hydrogen-bond donors (Lipinski definition) is 1. The lowest BCUT2D eigenvalue weighted by Gasteiger charge is -2.16. The normalized spacial score (nSPS) is 10.4. The topological polar surface area (TPSA) is 82.8 Å². The highest BCUT2D eigenvalue weighted by Gasteiger charge is 2.19. The molecule has 0 saturated heterocycles. The molecule has 0 bridgehead atoms. The van der Waals surface area contributed by atoms with Crippen LogP contribution >= 0.6 is 0 Å². The van der Waals surface area contributed by atoms with E-state index in [1.807, 2.05) is 0 Å². The molecule has 0 aliphatic carbocycles. The van der Waals surface area contributed by atoms with Gasteiger partial charge in [0.1, 0.15) is 0 Å². The molecule has 2 aromatic rings. The van der Waals surface area contributed by atoms with Crippen LogP contribution in [-0.2, 0) is 13.7 Å². The molecule has 0 amide bonds. The van der Waals surface area contributed by atoms with Crippen LogP contribution in [0.15, 0.2) is 23.0 Å². The first kappa shape index (κ1) is 15.8. The number of ether oxygens (including phenoxy) is 3. The van der Waals surface area contributed by atoms with Gasteiger partial charge >= 0.3 is 0 Å². The maximum atomic E-state index is 11.8. The Hall–Kier alpha value is -2.54. The van der Waals surface area contributed by atoms with E-state index < -0.39 is 0 Å². The molecule has 0 unspecified atom stereocenters. The number of benzene rings is 1. The Bertz CT molecular complexity index is 739. The predicted octanol–water partition coefficient (Wildman–Crippen LogP) is 0.965. The van der Waals surface area contributed by atoms with Crippen molar-refractivity contribution in [1.82, 2.24) is 9.78 Å². The minimum absolute atomic E-state index is 0.254. The van der Waals surface area contributed by atoms with Crippen LogP contribution in [0.1, 0.15) is 5.56 Å². The van der Waals surface area contributed by atoms with E-state index in [9.17, 15) is 9.90 Å². The molecule has 1 heterocycles. The third-order valence-electron chi connectivity index (χ3n) is 3.29. The number of aliphatic hydroxyl groups is 1. The zero-order valence-electron chi connectivity index (χ0n) is 12.9. The molecule has 0 aliphatic heterocycles. The van der Waals surface area contributed by atoms with Gasteiger partial charge in [-0.1, -0.05) is 0 Å². The molecule has 0 fully saturated rings. The van der Waals surface area contributed by atoms with E-state index >= 15 is 0 Å². The summed E-state index contributed by atoms with van der Waals surface area (Å²) in [6.45, 7) is -0.363. The van der Waals surface area contributed by atoms with Crippen molar-refractivity contribution in [1.29, 1.82) is 0 Å². The summed E-state index contributed by atoms with van der Waals surface area (Å²) >= 11 is 0. The molecule has 2 rings (SSSR count). The third-order valence-corrected chi connectivity index (χ3v) is 3.29. The summed E-state index contributed by atoms with van der Waals surface area (Å²) in [5, 5.41) is 13.5. The van der Waals surface area contributed by atoms with Crippen molar-refractivity contribution < 1.29 is 19.3 Å². The summed E-state index contributed by atoms with van der Waals surface area (Å²) in [5.74, 6) is 1.40. The number of nitrogens with zero attached hydrogens (tertiary/aromatic N) is 2. The van der Waals surface area contributed by atoms with Crippen molar-refractivity contribution >= 4 is 0 Å². The molecule has 118 valence electrons. The predicted molar refractivity (Wildman–Crippen MR) is 80.5 cm³/mol. The molecule has 0 saturated carbocycles. The first-order chi connectivity index (χ1) is 10.6. The van der Waals surface area contributed by atoms with Crippen molar-refractivity contribution in [2.45, 2.75) is 6.61 Å². The largest absolute Gasteiger partial charge is 0.493 e. The number of methoxy groups -OCH3 is 3. The minimum atomic E-state index is -0.363. The maximum Gasteiger partial charge on any atom is 0.272 e. The molecule has 7 nitrogen and oxygen atoms in total. The molecule has 0 aliphatic rings. The highest BCUT2D eigenvalue weighted by molar-refractivity contribution is 5.74. The van der Waals surface area contributed by atoms with E-state index in [2.05, 4.69) is 5.10 Å². The van der Waals surface area contributed by atoms with Crippen LogP contribution in [-0.4, -0.2) is 36.2 Å². The van der Waals surface area contributed by atoms with Crippen molar-refractivity contribution in [2.24, 2.45) is 7.05 Å². The molecule has 1 aromatic heterocycles. The molecular weight excluding hydrogens is 288 g/mol. The molecule has 7 heteroatoms. The standard InChI is InChI=1S/C15H18N2O5/c1-17-15(19)9(8-18)7-11(16-17)10-5-6-12(20-2)14(22-4)13(10)21-3/h5-7,18H,8H2,1-4H3. The van der Waals surface area contributed by atoms with E-state index in [-0.39, 0.29) is 17.7 Å². The number of hydrogen-bond acceptors (Lipinski definition) is 6. The number of rotatable bonds is 5. The average molecular weight is 306 g/mol. The SMILES string of the molecule is COc1ccc(-c2cc(CO)c(=O)n(C)n2)c(OC)c1OC. The second-order valence-electron chi connectivity index (χ2n) is 4.52. The lowest BCUT2D eigenvalue weighted by Crippen LogP contribution is -2.23. The Kier molecular flexibility index (Phi) is 4.67. The van der Waals surface area contributed by atoms with Crippen LogP contribution in [0.5, 0.6) is 17.2 Å². The van der Waals surface area contributed by atoms with Crippen molar-refractivity contribution in [2.75, 3.05) is 21.3 Å². The molecule has 0 spiro atoms. The van der Waals surface area contributed by atoms with Gasteiger partial charge in [0, 0.05) is 18.2 Å². The maximum absolute atomic E-state index is 11.8. The summed E-state index contributed by atoms with van der Waals surface area (Å²) in [5.41, 5.74) is 1.03. The molecule has 1 N–H and O–H groups in total. The first-order valence-corrected chi connectivity index (χ1v) is 6.54. The lowest BCUT2D eigenvalue weighted by atomic mass is 10.1. The Morgan fingerprint density at radius 2 is 1.82 bits per heavy atom. The number of aliphatic hydroxyl groups excluding tert-OH is 1. The summed E-state index contributed by atoms with van der Waals surface area (Å²) in [4.78, 5) is 11.8. The van der Waals surface area contributed by atoms with Crippen LogP contribution in [0.4, 0.5) is 0 Å². The Labute approximate surface area is 127 Å². The van der Waals surface area contributed by atoms with Crippen LogP contribution in [0.2, 0.25) is 0 Å². The van der Waals surface area contributed by atoms with Gasteiger partial charge in [-0.25, -0.2) is 4.68 Å².